The average Bonchev–Trinajstić information content (AvgIpc) is 3.39. The van der Waals surface area contributed by atoms with E-state index in [9.17, 15) is 9.90 Å². The first-order chi connectivity index (χ1) is 18.4. The zero-order valence-electron chi connectivity index (χ0n) is 21.3. The maximum Gasteiger partial charge on any atom is 0.250 e. The highest BCUT2D eigenvalue weighted by molar-refractivity contribution is 7.99. The highest BCUT2D eigenvalue weighted by Crippen LogP contribution is 2.30. The Morgan fingerprint density at radius 1 is 0.947 bits per heavy atom. The lowest BCUT2D eigenvalue weighted by molar-refractivity contribution is -0.118. The minimum Gasteiger partial charge on any atom is -0.504 e. The summed E-state index contributed by atoms with van der Waals surface area (Å²) in [5, 5.41) is 23.3. The average molecular weight is 534 g/mol. The molecule has 2 N–H and O–H groups in total. The Bertz CT molecular complexity index is 1440. The lowest BCUT2D eigenvalue weighted by Crippen LogP contribution is -2.21. The molecular weight excluding hydrogens is 506 g/mol. The Hall–Kier alpha value is -4.51. The molecule has 0 atom stereocenters. The van der Waals surface area contributed by atoms with Gasteiger partial charge < -0.3 is 19.3 Å². The van der Waals surface area contributed by atoms with Crippen LogP contribution in [0, 0.1) is 0 Å². The molecule has 1 amide bonds. The number of aromatic nitrogens is 3. The number of hydrogen-bond acceptors (Lipinski definition) is 9. The number of nitrogens with one attached hydrogen (secondary N) is 1. The molecule has 38 heavy (non-hydrogen) atoms. The SMILES string of the molecule is COc1ccc(-c2nnc(SCC(=O)NN=C(C)c3ccc(O)c(OC)c3)n2-c2ccc(OC)cc2)cc1. The van der Waals surface area contributed by atoms with E-state index in [-0.39, 0.29) is 17.4 Å². The molecule has 0 saturated carbocycles. The molecule has 11 heteroatoms. The van der Waals surface area contributed by atoms with Crippen molar-refractivity contribution in [3.63, 3.8) is 0 Å². The van der Waals surface area contributed by atoms with Crippen LogP contribution in [-0.4, -0.2) is 58.6 Å². The topological polar surface area (TPSA) is 120 Å². The molecular formula is C27H27N5O5S. The van der Waals surface area contributed by atoms with Gasteiger partial charge >= 0.3 is 0 Å². The lowest BCUT2D eigenvalue weighted by atomic mass is 10.1. The monoisotopic (exact) mass is 533 g/mol. The van der Waals surface area contributed by atoms with E-state index in [0.29, 0.717) is 28.0 Å². The lowest BCUT2D eigenvalue weighted by Gasteiger charge is -2.11. The molecule has 0 fully saturated rings. The fraction of sp³-hybridized carbons (Fsp3) is 0.185. The van der Waals surface area contributed by atoms with Gasteiger partial charge in [0.05, 0.1) is 32.8 Å². The van der Waals surface area contributed by atoms with E-state index >= 15 is 0 Å². The van der Waals surface area contributed by atoms with E-state index in [0.717, 1.165) is 22.7 Å². The number of benzene rings is 3. The summed E-state index contributed by atoms with van der Waals surface area (Å²) < 4.78 is 17.6. The van der Waals surface area contributed by atoms with E-state index in [1.165, 1.54) is 24.9 Å². The Morgan fingerprint density at radius 2 is 1.61 bits per heavy atom. The number of aromatic hydroxyl groups is 1. The molecule has 0 radical (unpaired) electrons. The van der Waals surface area contributed by atoms with Crippen LogP contribution in [0.25, 0.3) is 17.1 Å². The van der Waals surface area contributed by atoms with Crippen molar-refractivity contribution in [1.82, 2.24) is 20.2 Å². The molecule has 3 aromatic carbocycles. The summed E-state index contributed by atoms with van der Waals surface area (Å²) in [4.78, 5) is 12.6. The standard InChI is InChI=1S/C27H27N5O5S/c1-17(19-7-14-23(33)24(15-19)37-4)28-29-25(34)16-38-27-31-30-26(18-5-10-21(35-2)11-6-18)32(27)20-8-12-22(36-3)13-9-20/h5-15,33H,16H2,1-4H3,(H,29,34). The summed E-state index contributed by atoms with van der Waals surface area (Å²) in [6.45, 7) is 1.75. The summed E-state index contributed by atoms with van der Waals surface area (Å²) in [6.07, 6.45) is 0. The van der Waals surface area contributed by atoms with E-state index < -0.39 is 0 Å². The van der Waals surface area contributed by atoms with Crippen LogP contribution in [0.15, 0.2) is 77.0 Å². The van der Waals surface area contributed by atoms with Gasteiger partial charge in [-0.2, -0.15) is 5.10 Å². The predicted molar refractivity (Wildman–Crippen MR) is 146 cm³/mol. The highest BCUT2D eigenvalue weighted by Gasteiger charge is 2.18. The number of thioether (sulfide) groups is 1. The second-order valence-electron chi connectivity index (χ2n) is 7.98. The number of phenolic OH excluding ortho intramolecular Hbond substituents is 1. The van der Waals surface area contributed by atoms with Crippen LogP contribution in [0.1, 0.15) is 12.5 Å². The van der Waals surface area contributed by atoms with Crippen molar-refractivity contribution in [2.75, 3.05) is 27.1 Å². The molecule has 0 aliphatic carbocycles. The van der Waals surface area contributed by atoms with Crippen molar-refractivity contribution in [3.05, 3.63) is 72.3 Å². The number of hydrogen-bond donors (Lipinski definition) is 2. The molecule has 4 rings (SSSR count). The summed E-state index contributed by atoms with van der Waals surface area (Å²) in [5.41, 5.74) is 5.49. The number of hydrazone groups is 1. The van der Waals surface area contributed by atoms with Crippen molar-refractivity contribution >= 4 is 23.4 Å². The summed E-state index contributed by atoms with van der Waals surface area (Å²) >= 11 is 1.24. The van der Waals surface area contributed by atoms with E-state index in [4.69, 9.17) is 14.2 Å². The quantitative estimate of drug-likeness (QED) is 0.176. The maximum atomic E-state index is 12.6. The highest BCUT2D eigenvalue weighted by atomic mass is 32.2. The summed E-state index contributed by atoms with van der Waals surface area (Å²) in [6, 6.07) is 19.9. The van der Waals surface area contributed by atoms with E-state index in [1.54, 1.807) is 33.3 Å². The van der Waals surface area contributed by atoms with E-state index in [2.05, 4.69) is 20.7 Å². The van der Waals surface area contributed by atoms with Gasteiger partial charge in [0.25, 0.3) is 5.91 Å². The Labute approximate surface area is 224 Å². The summed E-state index contributed by atoms with van der Waals surface area (Å²) in [7, 11) is 4.69. The summed E-state index contributed by atoms with van der Waals surface area (Å²) in [5.74, 6) is 2.18. The molecule has 0 spiro atoms. The Kier molecular flexibility index (Phi) is 8.49. The van der Waals surface area contributed by atoms with Crippen LogP contribution in [0.2, 0.25) is 0 Å². The molecule has 4 aromatic rings. The predicted octanol–water partition coefficient (Wildman–Crippen LogP) is 4.30. The number of ether oxygens (including phenoxy) is 3. The van der Waals surface area contributed by atoms with Gasteiger partial charge in [0.1, 0.15) is 11.5 Å². The van der Waals surface area contributed by atoms with Crippen LogP contribution < -0.4 is 19.6 Å². The van der Waals surface area contributed by atoms with Gasteiger partial charge in [-0.05, 0) is 73.7 Å². The van der Waals surface area contributed by atoms with Gasteiger partial charge in [-0.3, -0.25) is 9.36 Å². The molecule has 0 aliphatic heterocycles. The van der Waals surface area contributed by atoms with Gasteiger partial charge in [0.2, 0.25) is 0 Å². The van der Waals surface area contributed by atoms with Crippen molar-refractivity contribution in [2.24, 2.45) is 5.10 Å². The number of amides is 1. The van der Waals surface area contributed by atoms with Crippen molar-refractivity contribution in [1.29, 1.82) is 0 Å². The first kappa shape index (κ1) is 26.6. The van der Waals surface area contributed by atoms with Gasteiger partial charge in [-0.15, -0.1) is 10.2 Å². The number of carbonyl (C=O) groups excluding carboxylic acids is 1. The van der Waals surface area contributed by atoms with Gasteiger partial charge in [0, 0.05) is 16.8 Å². The van der Waals surface area contributed by atoms with Crippen molar-refractivity contribution in [2.45, 2.75) is 12.1 Å². The maximum absolute atomic E-state index is 12.6. The van der Waals surface area contributed by atoms with Crippen molar-refractivity contribution in [3.8, 4) is 40.1 Å². The molecule has 0 unspecified atom stereocenters. The van der Waals surface area contributed by atoms with Gasteiger partial charge in [-0.25, -0.2) is 5.43 Å². The molecule has 0 saturated heterocycles. The smallest absolute Gasteiger partial charge is 0.250 e. The first-order valence-corrected chi connectivity index (χ1v) is 12.5. The van der Waals surface area contributed by atoms with E-state index in [1.807, 2.05) is 53.1 Å². The van der Waals surface area contributed by atoms with Crippen LogP contribution in [0.3, 0.4) is 0 Å². The van der Waals surface area contributed by atoms with Crippen LogP contribution in [-0.2, 0) is 4.79 Å². The minimum absolute atomic E-state index is 0.0273. The molecule has 10 nitrogen and oxygen atoms in total. The van der Waals surface area contributed by atoms with Crippen LogP contribution in [0.4, 0.5) is 0 Å². The molecule has 0 aliphatic rings. The number of rotatable bonds is 10. The fourth-order valence-electron chi connectivity index (χ4n) is 3.53. The molecule has 0 bridgehead atoms. The third-order valence-corrected chi connectivity index (χ3v) is 6.52. The zero-order valence-corrected chi connectivity index (χ0v) is 22.2. The minimum atomic E-state index is -0.310. The number of methoxy groups -OCH3 is 3. The normalized spacial score (nSPS) is 11.2. The number of carbonyl (C=O) groups is 1. The second kappa shape index (κ2) is 12.2. The molecule has 1 aromatic heterocycles. The third-order valence-electron chi connectivity index (χ3n) is 5.59. The number of nitrogens with zero attached hydrogens (tertiary/aromatic N) is 4. The second-order valence-corrected chi connectivity index (χ2v) is 8.92. The zero-order chi connectivity index (χ0) is 27.1. The molecule has 1 heterocycles. The number of phenols is 1. The molecule has 196 valence electrons. The van der Waals surface area contributed by atoms with Gasteiger partial charge in [0.15, 0.2) is 22.5 Å². The van der Waals surface area contributed by atoms with Gasteiger partial charge in [-0.1, -0.05) is 11.8 Å². The first-order valence-electron chi connectivity index (χ1n) is 11.5. The Balaban J connectivity index is 1.53. The Morgan fingerprint density at radius 3 is 2.24 bits per heavy atom. The third kappa shape index (κ3) is 6.06. The fourth-order valence-corrected chi connectivity index (χ4v) is 4.27. The van der Waals surface area contributed by atoms with Crippen LogP contribution in [0.5, 0.6) is 23.0 Å². The largest absolute Gasteiger partial charge is 0.504 e. The van der Waals surface area contributed by atoms with Crippen molar-refractivity contribution < 1.29 is 24.1 Å². The van der Waals surface area contributed by atoms with Crippen LogP contribution >= 0.6 is 11.8 Å².